The molecule has 1 atom stereocenters. The predicted molar refractivity (Wildman–Crippen MR) is 164 cm³/mol. The number of ether oxygens (including phenoxy) is 2. The van der Waals surface area contributed by atoms with Gasteiger partial charge in [0.2, 0.25) is 5.88 Å². The number of carbonyl (C=O) groups excluding carboxylic acids is 2. The van der Waals surface area contributed by atoms with E-state index in [1.807, 2.05) is 0 Å². The number of fused-ring (bicyclic) bond motifs is 1. The van der Waals surface area contributed by atoms with Crippen LogP contribution in [-0.4, -0.2) is 87.1 Å². The molecule has 0 spiro atoms. The van der Waals surface area contributed by atoms with E-state index < -0.39 is 27.6 Å². The van der Waals surface area contributed by atoms with Crippen molar-refractivity contribution in [2.24, 2.45) is 0 Å². The molecule has 0 saturated carbocycles. The van der Waals surface area contributed by atoms with Gasteiger partial charge in [-0.05, 0) is 62.2 Å². The highest BCUT2D eigenvalue weighted by Crippen LogP contribution is 2.51. The first-order valence-corrected chi connectivity index (χ1v) is 16.5. The number of carbonyl (C=O) groups is 2. The van der Waals surface area contributed by atoms with E-state index in [2.05, 4.69) is 21.3 Å². The Hall–Kier alpha value is -4.51. The van der Waals surface area contributed by atoms with Crippen LogP contribution in [0.5, 0.6) is 5.88 Å². The van der Waals surface area contributed by atoms with Gasteiger partial charge < -0.3 is 19.7 Å². The minimum atomic E-state index is -4.48. The maximum atomic E-state index is 14.8. The molecule has 3 aliphatic heterocycles. The first-order valence-electron chi connectivity index (χ1n) is 15.0. The number of nitrogens with zero attached hydrogens (tertiary/aromatic N) is 5. The van der Waals surface area contributed by atoms with Gasteiger partial charge in [0.1, 0.15) is 0 Å². The molecule has 12 nitrogen and oxygen atoms in total. The van der Waals surface area contributed by atoms with Crippen molar-refractivity contribution in [3.05, 3.63) is 83.6 Å². The van der Waals surface area contributed by atoms with Gasteiger partial charge in [0.05, 0.1) is 34.4 Å². The molecule has 2 saturated heterocycles. The highest BCUT2D eigenvalue weighted by molar-refractivity contribution is 7.93. The number of hydrogen-bond donors (Lipinski definition) is 1. The second-order valence-corrected chi connectivity index (χ2v) is 12.9. The summed E-state index contributed by atoms with van der Waals surface area (Å²) in [6.07, 6.45) is 2.16. The number of anilines is 1. The maximum absolute atomic E-state index is 14.8. The Kier molecular flexibility index (Phi) is 8.46. The fourth-order valence-corrected chi connectivity index (χ4v) is 7.83. The molecule has 1 aromatic heterocycles. The normalized spacial score (nSPS) is 20.8. The summed E-state index contributed by atoms with van der Waals surface area (Å²) >= 11 is 0. The number of piperazine rings is 1. The zero-order valence-corrected chi connectivity index (χ0v) is 25.7. The monoisotopic (exact) mass is 630 g/mol. The van der Waals surface area contributed by atoms with Gasteiger partial charge in [0.15, 0.2) is 0 Å². The van der Waals surface area contributed by atoms with Crippen LogP contribution >= 0.6 is 0 Å². The fraction of sp³-hybridized carbons (Fsp3) is 0.375. The van der Waals surface area contributed by atoms with E-state index in [1.54, 1.807) is 36.1 Å². The summed E-state index contributed by atoms with van der Waals surface area (Å²) in [4.78, 5) is 37.0. The lowest BCUT2D eigenvalue weighted by Gasteiger charge is -2.40. The highest BCUT2D eigenvalue weighted by atomic mass is 32.2. The molecule has 2 aromatic carbocycles. The first kappa shape index (κ1) is 30.5. The molecule has 45 heavy (non-hydrogen) atoms. The number of amides is 2. The SMILES string of the molecule is CCOc1ncccc1C1(OC(=O)N2CCC(N3CCNCC3)CC2)C(=O)N(S(=O)(=O)c2ccccc2)c2ccc(C#N)cc21. The number of benzene rings is 2. The lowest BCUT2D eigenvalue weighted by Crippen LogP contribution is -2.54. The second-order valence-electron chi connectivity index (χ2n) is 11.1. The van der Waals surface area contributed by atoms with Crippen LogP contribution in [0.4, 0.5) is 10.5 Å². The third kappa shape index (κ3) is 5.39. The van der Waals surface area contributed by atoms with Gasteiger partial charge in [0.25, 0.3) is 21.5 Å². The van der Waals surface area contributed by atoms with Gasteiger partial charge in [-0.3, -0.25) is 9.69 Å². The molecule has 234 valence electrons. The lowest BCUT2D eigenvalue weighted by atomic mass is 9.87. The smallest absolute Gasteiger partial charge is 0.411 e. The molecule has 1 unspecified atom stereocenters. The van der Waals surface area contributed by atoms with E-state index in [9.17, 15) is 23.3 Å². The summed E-state index contributed by atoms with van der Waals surface area (Å²) < 4.78 is 40.9. The Morgan fingerprint density at radius 1 is 1.04 bits per heavy atom. The van der Waals surface area contributed by atoms with Crippen molar-refractivity contribution in [2.45, 2.75) is 36.3 Å². The number of nitrogens with one attached hydrogen (secondary N) is 1. The molecule has 3 aromatic rings. The van der Waals surface area contributed by atoms with Crippen molar-refractivity contribution in [1.82, 2.24) is 20.1 Å². The second kappa shape index (κ2) is 12.5. The summed E-state index contributed by atoms with van der Waals surface area (Å²) in [5.74, 6) is -1.03. The van der Waals surface area contributed by atoms with E-state index in [1.165, 1.54) is 42.6 Å². The summed E-state index contributed by atoms with van der Waals surface area (Å²) in [6, 6.07) is 17.2. The molecule has 13 heteroatoms. The Balaban J connectivity index is 1.45. The molecule has 1 N–H and O–H groups in total. The van der Waals surface area contributed by atoms with E-state index in [0.717, 1.165) is 39.0 Å². The molecule has 4 heterocycles. The van der Waals surface area contributed by atoms with E-state index in [4.69, 9.17) is 9.47 Å². The summed E-state index contributed by atoms with van der Waals surface area (Å²) in [5, 5.41) is 13.2. The number of nitriles is 1. The topological polar surface area (TPSA) is 145 Å². The average Bonchev–Trinajstić information content (AvgIpc) is 3.33. The minimum Gasteiger partial charge on any atom is -0.478 e. The molecule has 2 amide bonds. The summed E-state index contributed by atoms with van der Waals surface area (Å²) in [5.41, 5.74) is -2.10. The van der Waals surface area contributed by atoms with Crippen molar-refractivity contribution in [2.75, 3.05) is 50.2 Å². The molecule has 0 bridgehead atoms. The Morgan fingerprint density at radius 2 is 1.78 bits per heavy atom. The molecule has 0 radical (unpaired) electrons. The first-order chi connectivity index (χ1) is 21.8. The van der Waals surface area contributed by atoms with Gasteiger partial charge in [0, 0.05) is 57.1 Å². The van der Waals surface area contributed by atoms with Gasteiger partial charge in [-0.1, -0.05) is 18.2 Å². The van der Waals surface area contributed by atoms with Crippen LogP contribution in [0, 0.1) is 11.3 Å². The van der Waals surface area contributed by atoms with Crippen LogP contribution in [0.3, 0.4) is 0 Å². The van der Waals surface area contributed by atoms with Gasteiger partial charge in [-0.25, -0.2) is 18.2 Å². The zero-order valence-electron chi connectivity index (χ0n) is 24.9. The number of likely N-dealkylation sites (tertiary alicyclic amines) is 1. The molecular weight excluding hydrogens is 596 g/mol. The van der Waals surface area contributed by atoms with Crippen molar-refractivity contribution >= 4 is 27.7 Å². The van der Waals surface area contributed by atoms with Crippen molar-refractivity contribution in [3.8, 4) is 11.9 Å². The number of sulfonamides is 1. The standard InChI is InChI=1S/C32H34N6O6S/c1-2-43-29-26(9-6-14-35-29)32(44-31(40)37-17-12-24(13-18-37)36-19-15-34-16-20-36)27-21-23(22-33)10-11-28(27)38(30(32)39)45(41,42)25-7-4-3-5-8-25/h3-11,14,21,24,34H,2,12-13,15-20H2,1H3. The number of piperidine rings is 1. The Bertz CT molecular complexity index is 1730. The third-order valence-electron chi connectivity index (χ3n) is 8.55. The van der Waals surface area contributed by atoms with Crippen LogP contribution in [0.2, 0.25) is 0 Å². The van der Waals surface area contributed by atoms with Crippen molar-refractivity contribution in [1.29, 1.82) is 5.26 Å². The van der Waals surface area contributed by atoms with Crippen LogP contribution in [-0.2, 0) is 25.2 Å². The van der Waals surface area contributed by atoms with Crippen LogP contribution < -0.4 is 14.4 Å². The zero-order chi connectivity index (χ0) is 31.6. The number of rotatable bonds is 7. The molecule has 2 fully saturated rings. The fourth-order valence-electron chi connectivity index (χ4n) is 6.35. The highest BCUT2D eigenvalue weighted by Gasteiger charge is 2.61. The van der Waals surface area contributed by atoms with Crippen LogP contribution in [0.15, 0.2) is 71.8 Å². The number of aromatic nitrogens is 1. The minimum absolute atomic E-state index is 0.00540. The third-order valence-corrected chi connectivity index (χ3v) is 10.3. The molecule has 0 aliphatic carbocycles. The van der Waals surface area contributed by atoms with Gasteiger partial charge >= 0.3 is 6.09 Å². The largest absolute Gasteiger partial charge is 0.478 e. The van der Waals surface area contributed by atoms with Crippen LogP contribution in [0.1, 0.15) is 36.5 Å². The maximum Gasteiger partial charge on any atom is 0.411 e. The van der Waals surface area contributed by atoms with E-state index in [-0.39, 0.29) is 39.8 Å². The lowest BCUT2D eigenvalue weighted by molar-refractivity contribution is -0.132. The quantitative estimate of drug-likeness (QED) is 0.414. The predicted octanol–water partition coefficient (Wildman–Crippen LogP) is 2.84. The average molecular weight is 631 g/mol. The van der Waals surface area contributed by atoms with Crippen LogP contribution in [0.25, 0.3) is 0 Å². The van der Waals surface area contributed by atoms with E-state index >= 15 is 0 Å². The van der Waals surface area contributed by atoms with Gasteiger partial charge in [-0.15, -0.1) is 0 Å². The van der Waals surface area contributed by atoms with Crippen molar-refractivity contribution < 1.29 is 27.5 Å². The van der Waals surface area contributed by atoms with E-state index in [0.29, 0.717) is 23.4 Å². The summed E-state index contributed by atoms with van der Waals surface area (Å²) in [6.45, 7) is 6.46. The number of hydrogen-bond acceptors (Lipinski definition) is 10. The Labute approximate surface area is 262 Å². The van der Waals surface area contributed by atoms with Gasteiger partial charge in [-0.2, -0.15) is 9.57 Å². The number of pyridine rings is 1. The molecular formula is C32H34N6O6S. The van der Waals surface area contributed by atoms with Crippen molar-refractivity contribution in [3.63, 3.8) is 0 Å². The Morgan fingerprint density at radius 3 is 2.47 bits per heavy atom. The molecule has 3 aliphatic rings. The molecule has 6 rings (SSSR count). The summed E-state index contributed by atoms with van der Waals surface area (Å²) in [7, 11) is -4.48.